The number of para-hydroxylation sites is 1. The third kappa shape index (κ3) is 6.66. The van der Waals surface area contributed by atoms with E-state index in [1.165, 1.54) is 6.92 Å². The van der Waals surface area contributed by atoms with Gasteiger partial charge in [0.2, 0.25) is 0 Å². The van der Waals surface area contributed by atoms with Crippen LogP contribution in [0.15, 0.2) is 48.5 Å². The Bertz CT molecular complexity index is 757. The van der Waals surface area contributed by atoms with Gasteiger partial charge in [-0.3, -0.25) is 4.79 Å². The monoisotopic (exact) mass is 371 g/mol. The minimum Gasteiger partial charge on any atom is -0.497 e. The average Bonchev–Trinajstić information content (AvgIpc) is 2.67. The topological polar surface area (TPSA) is 73.9 Å². The zero-order chi connectivity index (χ0) is 19.6. The summed E-state index contributed by atoms with van der Waals surface area (Å²) >= 11 is 0. The van der Waals surface area contributed by atoms with Crippen LogP contribution in [0, 0.1) is 6.92 Å². The molecular weight excluding hydrogens is 346 g/mol. The van der Waals surface area contributed by atoms with Crippen molar-refractivity contribution in [1.29, 1.82) is 0 Å². The Hall–Kier alpha value is -3.02. The number of amides is 1. The maximum absolute atomic E-state index is 12.0. The zero-order valence-electron chi connectivity index (χ0n) is 15.9. The van der Waals surface area contributed by atoms with E-state index in [9.17, 15) is 9.59 Å². The highest BCUT2D eigenvalue weighted by Crippen LogP contribution is 2.16. The van der Waals surface area contributed by atoms with Gasteiger partial charge in [0.15, 0.2) is 12.7 Å². The van der Waals surface area contributed by atoms with Gasteiger partial charge in [-0.25, -0.2) is 4.79 Å². The van der Waals surface area contributed by atoms with Crippen molar-refractivity contribution in [2.24, 2.45) is 0 Å². The van der Waals surface area contributed by atoms with Crippen LogP contribution in [0.25, 0.3) is 0 Å². The van der Waals surface area contributed by atoms with Crippen molar-refractivity contribution in [2.75, 3.05) is 20.3 Å². The summed E-state index contributed by atoms with van der Waals surface area (Å²) in [7, 11) is 1.62. The Morgan fingerprint density at radius 3 is 2.44 bits per heavy atom. The van der Waals surface area contributed by atoms with E-state index in [0.29, 0.717) is 18.7 Å². The van der Waals surface area contributed by atoms with Crippen molar-refractivity contribution in [3.63, 3.8) is 0 Å². The van der Waals surface area contributed by atoms with Crippen LogP contribution >= 0.6 is 0 Å². The molecule has 0 aliphatic heterocycles. The SMILES string of the molecule is COc1ccc(CCNC(=O)C(C)OC(=O)COc2ccccc2C)cc1. The third-order valence-electron chi connectivity index (χ3n) is 3.99. The summed E-state index contributed by atoms with van der Waals surface area (Å²) in [4.78, 5) is 23.9. The highest BCUT2D eigenvalue weighted by molar-refractivity contribution is 5.83. The largest absolute Gasteiger partial charge is 0.497 e. The van der Waals surface area contributed by atoms with E-state index in [2.05, 4.69) is 5.32 Å². The van der Waals surface area contributed by atoms with Gasteiger partial charge < -0.3 is 19.5 Å². The van der Waals surface area contributed by atoms with Gasteiger partial charge in [0.1, 0.15) is 11.5 Å². The molecule has 6 nitrogen and oxygen atoms in total. The molecule has 2 aromatic carbocycles. The first-order valence-corrected chi connectivity index (χ1v) is 8.78. The van der Waals surface area contributed by atoms with Gasteiger partial charge >= 0.3 is 5.97 Å². The number of carbonyl (C=O) groups excluding carboxylic acids is 2. The van der Waals surface area contributed by atoms with Crippen LogP contribution in [-0.2, 0) is 20.7 Å². The molecule has 0 heterocycles. The number of hydrogen-bond acceptors (Lipinski definition) is 5. The summed E-state index contributed by atoms with van der Waals surface area (Å²) in [6.07, 6.45) is -0.207. The smallest absolute Gasteiger partial charge is 0.344 e. The molecule has 0 aromatic heterocycles. The first-order chi connectivity index (χ1) is 13.0. The van der Waals surface area contributed by atoms with Crippen LogP contribution in [-0.4, -0.2) is 38.2 Å². The molecule has 0 aliphatic rings. The number of hydrogen-bond donors (Lipinski definition) is 1. The minimum atomic E-state index is -0.881. The van der Waals surface area contributed by atoms with Gasteiger partial charge in [0.05, 0.1) is 7.11 Å². The molecule has 2 rings (SSSR count). The van der Waals surface area contributed by atoms with E-state index in [4.69, 9.17) is 14.2 Å². The lowest BCUT2D eigenvalue weighted by atomic mass is 10.1. The Labute approximate surface area is 159 Å². The molecule has 1 N–H and O–H groups in total. The molecule has 1 unspecified atom stereocenters. The fraction of sp³-hybridized carbons (Fsp3) is 0.333. The molecule has 1 amide bonds. The number of methoxy groups -OCH3 is 1. The van der Waals surface area contributed by atoms with Crippen LogP contribution < -0.4 is 14.8 Å². The van der Waals surface area contributed by atoms with E-state index in [1.54, 1.807) is 13.2 Å². The Morgan fingerprint density at radius 2 is 1.78 bits per heavy atom. The van der Waals surface area contributed by atoms with E-state index < -0.39 is 12.1 Å². The van der Waals surface area contributed by atoms with Crippen molar-refractivity contribution >= 4 is 11.9 Å². The summed E-state index contributed by atoms with van der Waals surface area (Å²) in [5.41, 5.74) is 2.00. The molecule has 144 valence electrons. The lowest BCUT2D eigenvalue weighted by molar-refractivity contribution is -0.156. The standard InChI is InChI=1S/C21H25NO5/c1-15-6-4-5-7-19(15)26-14-20(23)27-16(2)21(24)22-13-12-17-8-10-18(25-3)11-9-17/h4-11,16H,12-14H2,1-3H3,(H,22,24). The molecule has 27 heavy (non-hydrogen) atoms. The van der Waals surface area contributed by atoms with Gasteiger partial charge in [-0.15, -0.1) is 0 Å². The number of aryl methyl sites for hydroxylation is 1. The van der Waals surface area contributed by atoms with Crippen LogP contribution in [0.5, 0.6) is 11.5 Å². The third-order valence-corrected chi connectivity index (χ3v) is 3.99. The van der Waals surface area contributed by atoms with Crippen LogP contribution in [0.2, 0.25) is 0 Å². The number of nitrogens with one attached hydrogen (secondary N) is 1. The first-order valence-electron chi connectivity index (χ1n) is 8.78. The van der Waals surface area contributed by atoms with Crippen molar-refractivity contribution in [3.8, 4) is 11.5 Å². The minimum absolute atomic E-state index is 0.242. The first kappa shape index (κ1) is 20.3. The fourth-order valence-electron chi connectivity index (χ4n) is 2.41. The fourth-order valence-corrected chi connectivity index (χ4v) is 2.41. The predicted octanol–water partition coefficient (Wildman–Crippen LogP) is 2.67. The molecule has 0 bridgehead atoms. The lowest BCUT2D eigenvalue weighted by Gasteiger charge is -2.14. The van der Waals surface area contributed by atoms with E-state index in [0.717, 1.165) is 16.9 Å². The van der Waals surface area contributed by atoms with Crippen LogP contribution in [0.1, 0.15) is 18.1 Å². The molecule has 2 aromatic rings. The van der Waals surface area contributed by atoms with E-state index in [1.807, 2.05) is 49.4 Å². The molecular formula is C21H25NO5. The highest BCUT2D eigenvalue weighted by atomic mass is 16.6. The summed E-state index contributed by atoms with van der Waals surface area (Å²) < 4.78 is 15.6. The summed E-state index contributed by atoms with van der Waals surface area (Å²) in [5, 5.41) is 2.76. The number of ether oxygens (including phenoxy) is 3. The van der Waals surface area contributed by atoms with Crippen LogP contribution in [0.3, 0.4) is 0 Å². The second kappa shape index (κ2) is 10.2. The molecule has 0 spiro atoms. The summed E-state index contributed by atoms with van der Waals surface area (Å²) in [6.45, 7) is 3.63. The van der Waals surface area contributed by atoms with Crippen molar-refractivity contribution in [2.45, 2.75) is 26.4 Å². The molecule has 0 saturated heterocycles. The molecule has 0 saturated carbocycles. The van der Waals surface area contributed by atoms with Gasteiger partial charge in [-0.2, -0.15) is 0 Å². The predicted molar refractivity (Wildman–Crippen MR) is 102 cm³/mol. The van der Waals surface area contributed by atoms with Gasteiger partial charge in [0, 0.05) is 6.54 Å². The molecule has 1 atom stereocenters. The summed E-state index contributed by atoms with van der Waals surface area (Å²) in [6, 6.07) is 15.0. The number of carbonyl (C=O) groups is 2. The van der Waals surface area contributed by atoms with Gasteiger partial charge in [-0.05, 0) is 49.6 Å². The van der Waals surface area contributed by atoms with Gasteiger partial charge in [-0.1, -0.05) is 30.3 Å². The quantitative estimate of drug-likeness (QED) is 0.686. The maximum Gasteiger partial charge on any atom is 0.344 e. The molecule has 0 aliphatic carbocycles. The maximum atomic E-state index is 12.0. The number of benzene rings is 2. The van der Waals surface area contributed by atoms with E-state index in [-0.39, 0.29) is 12.5 Å². The number of esters is 1. The zero-order valence-corrected chi connectivity index (χ0v) is 15.9. The van der Waals surface area contributed by atoms with Crippen LogP contribution in [0.4, 0.5) is 0 Å². The van der Waals surface area contributed by atoms with E-state index >= 15 is 0 Å². The average molecular weight is 371 g/mol. The lowest BCUT2D eigenvalue weighted by Crippen LogP contribution is -2.37. The second-order valence-corrected chi connectivity index (χ2v) is 6.08. The molecule has 0 fully saturated rings. The Balaban J connectivity index is 1.69. The van der Waals surface area contributed by atoms with Gasteiger partial charge in [0.25, 0.3) is 5.91 Å². The molecule has 0 radical (unpaired) electrons. The van der Waals surface area contributed by atoms with Crippen molar-refractivity contribution in [3.05, 3.63) is 59.7 Å². The molecule has 6 heteroatoms. The Morgan fingerprint density at radius 1 is 1.07 bits per heavy atom. The normalized spacial score (nSPS) is 11.4. The Kier molecular flexibility index (Phi) is 7.67. The van der Waals surface area contributed by atoms with Crippen molar-refractivity contribution < 1.29 is 23.8 Å². The highest BCUT2D eigenvalue weighted by Gasteiger charge is 2.17. The summed E-state index contributed by atoms with van der Waals surface area (Å²) in [5.74, 6) is 0.478. The van der Waals surface area contributed by atoms with Crippen molar-refractivity contribution in [1.82, 2.24) is 5.32 Å². The number of rotatable bonds is 9. The second-order valence-electron chi connectivity index (χ2n) is 6.08.